The first kappa shape index (κ1) is 53.3. The van der Waals surface area contributed by atoms with E-state index in [4.69, 9.17) is 14.2 Å². The number of likely N-dealkylation sites (N-methyl/N-ethyl adjacent to an activating group) is 1. The van der Waals surface area contributed by atoms with Gasteiger partial charge in [0.1, 0.15) is 12.6 Å². The minimum absolute atomic E-state index is 0.0370. The Morgan fingerprint density at radius 1 is 0.554 bits per heavy atom. The number of allylic oxidation sites excluding steroid dienone is 8. The average Bonchev–Trinajstić information content (AvgIpc) is 3.15. The number of ether oxygens (including phenoxy) is 3. The standard InChI is InChI=1S/C48H85NO7/c1-6-8-10-12-14-16-18-19-20-21-22-23-24-25-26-27-29-31-33-35-37-39-47(51)56-44(42-54-41-40-45(48(52)53)49(3,4)5)43-55-46(50)38-36-34-32-30-28-17-15-13-11-9-7-2/h8,10,13-16,19-20,44-45H,6-7,9,11-12,17-18,21-43H2,1-5H3/b10-8+,15-13+,16-14+,20-19+. The molecule has 8 nitrogen and oxygen atoms in total. The molecule has 0 spiro atoms. The van der Waals surface area contributed by atoms with Crippen LogP contribution in [0.4, 0.5) is 0 Å². The van der Waals surface area contributed by atoms with Crippen molar-refractivity contribution in [2.45, 2.75) is 199 Å². The maximum Gasteiger partial charge on any atom is 0.306 e. The second-order valence-corrected chi connectivity index (χ2v) is 16.3. The fraction of sp³-hybridized carbons (Fsp3) is 0.771. The molecule has 0 aliphatic carbocycles. The van der Waals surface area contributed by atoms with Crippen LogP contribution < -0.4 is 5.11 Å². The number of hydrogen-bond acceptors (Lipinski definition) is 7. The first-order valence-corrected chi connectivity index (χ1v) is 22.7. The molecule has 0 saturated heterocycles. The summed E-state index contributed by atoms with van der Waals surface area (Å²) >= 11 is 0. The van der Waals surface area contributed by atoms with Gasteiger partial charge < -0.3 is 28.6 Å². The van der Waals surface area contributed by atoms with Crippen LogP contribution in [-0.4, -0.2) is 75.5 Å². The lowest BCUT2D eigenvalue weighted by molar-refractivity contribution is -0.889. The molecule has 0 rings (SSSR count). The van der Waals surface area contributed by atoms with E-state index >= 15 is 0 Å². The molecule has 0 aromatic carbocycles. The van der Waals surface area contributed by atoms with Crippen LogP contribution in [0.1, 0.15) is 187 Å². The number of carboxylic acids is 1. The Labute approximate surface area is 344 Å². The Bertz CT molecular complexity index is 1060. The number of carboxylic acid groups (broad SMARTS) is 1. The van der Waals surface area contributed by atoms with Gasteiger partial charge in [0.05, 0.1) is 40.3 Å². The van der Waals surface area contributed by atoms with Crippen molar-refractivity contribution in [3.63, 3.8) is 0 Å². The van der Waals surface area contributed by atoms with Gasteiger partial charge in [-0.1, -0.05) is 152 Å². The number of carbonyl (C=O) groups is 3. The third-order valence-corrected chi connectivity index (χ3v) is 9.95. The van der Waals surface area contributed by atoms with E-state index in [1.807, 2.05) is 0 Å². The van der Waals surface area contributed by atoms with Gasteiger partial charge in [0.2, 0.25) is 0 Å². The monoisotopic (exact) mass is 788 g/mol. The van der Waals surface area contributed by atoms with Gasteiger partial charge in [-0.25, -0.2) is 0 Å². The summed E-state index contributed by atoms with van der Waals surface area (Å²) in [5, 5.41) is 11.6. The van der Waals surface area contributed by atoms with E-state index in [9.17, 15) is 19.5 Å². The molecule has 0 aliphatic heterocycles. The summed E-state index contributed by atoms with van der Waals surface area (Å²) in [6.07, 6.45) is 45.6. The third-order valence-electron chi connectivity index (χ3n) is 9.95. The Morgan fingerprint density at radius 3 is 1.50 bits per heavy atom. The minimum Gasteiger partial charge on any atom is -0.544 e. The van der Waals surface area contributed by atoms with E-state index in [-0.39, 0.29) is 42.7 Å². The molecule has 8 heteroatoms. The molecule has 324 valence electrons. The van der Waals surface area contributed by atoms with Crippen LogP contribution in [-0.2, 0) is 28.6 Å². The van der Waals surface area contributed by atoms with Crippen LogP contribution in [0.5, 0.6) is 0 Å². The second-order valence-electron chi connectivity index (χ2n) is 16.3. The largest absolute Gasteiger partial charge is 0.544 e. The van der Waals surface area contributed by atoms with Gasteiger partial charge in [-0.15, -0.1) is 0 Å². The first-order chi connectivity index (χ1) is 27.1. The van der Waals surface area contributed by atoms with Crippen LogP contribution in [0.3, 0.4) is 0 Å². The Kier molecular flexibility index (Phi) is 37.2. The van der Waals surface area contributed by atoms with E-state index in [0.29, 0.717) is 12.8 Å². The number of hydrogen-bond donors (Lipinski definition) is 0. The van der Waals surface area contributed by atoms with Crippen LogP contribution in [0.15, 0.2) is 48.6 Å². The van der Waals surface area contributed by atoms with Gasteiger partial charge in [0.15, 0.2) is 6.10 Å². The number of carbonyl (C=O) groups excluding carboxylic acids is 3. The molecule has 2 atom stereocenters. The fourth-order valence-corrected chi connectivity index (χ4v) is 6.42. The number of nitrogens with zero attached hydrogens (tertiary/aromatic N) is 1. The zero-order valence-electron chi connectivity index (χ0n) is 36.8. The van der Waals surface area contributed by atoms with Gasteiger partial charge >= 0.3 is 11.9 Å². The topological polar surface area (TPSA) is 102 Å². The molecule has 56 heavy (non-hydrogen) atoms. The number of esters is 2. The number of aliphatic carboxylic acids is 1. The molecular weight excluding hydrogens is 703 g/mol. The van der Waals surface area contributed by atoms with Crippen molar-refractivity contribution in [1.82, 2.24) is 0 Å². The zero-order valence-corrected chi connectivity index (χ0v) is 36.8. The maximum absolute atomic E-state index is 12.7. The van der Waals surface area contributed by atoms with Crippen molar-refractivity contribution in [3.05, 3.63) is 48.6 Å². The highest BCUT2D eigenvalue weighted by molar-refractivity contribution is 5.70. The molecule has 0 aliphatic rings. The molecule has 0 radical (unpaired) electrons. The Morgan fingerprint density at radius 2 is 1.00 bits per heavy atom. The molecule has 0 aromatic rings. The molecule has 0 heterocycles. The summed E-state index contributed by atoms with van der Waals surface area (Å²) < 4.78 is 17.2. The van der Waals surface area contributed by atoms with Gasteiger partial charge in [-0.05, 0) is 64.2 Å². The van der Waals surface area contributed by atoms with E-state index in [1.54, 1.807) is 21.1 Å². The highest BCUT2D eigenvalue weighted by Gasteiger charge is 2.25. The summed E-state index contributed by atoms with van der Waals surface area (Å²) in [6.45, 7) is 4.50. The highest BCUT2D eigenvalue weighted by atomic mass is 16.6. The highest BCUT2D eigenvalue weighted by Crippen LogP contribution is 2.14. The van der Waals surface area contributed by atoms with Crippen LogP contribution >= 0.6 is 0 Å². The minimum atomic E-state index is -1.13. The molecule has 0 saturated carbocycles. The third kappa shape index (κ3) is 36.9. The smallest absolute Gasteiger partial charge is 0.306 e. The van der Waals surface area contributed by atoms with Crippen molar-refractivity contribution in [2.24, 2.45) is 0 Å². The lowest BCUT2D eigenvalue weighted by Gasteiger charge is -2.34. The average molecular weight is 788 g/mol. The first-order valence-electron chi connectivity index (χ1n) is 22.7. The Hall–Kier alpha value is -2.71. The lowest BCUT2D eigenvalue weighted by Crippen LogP contribution is -2.55. The normalized spacial score (nSPS) is 13.4. The zero-order chi connectivity index (χ0) is 41.4. The van der Waals surface area contributed by atoms with Crippen molar-refractivity contribution in [2.75, 3.05) is 41.0 Å². The SMILES string of the molecule is CC/C=C/C/C=C/C/C=C/CCCCCCCCCCCCCC(=O)OC(COCCC(C(=O)[O-])[N+](C)(C)C)COC(=O)CCCCCCC/C=C/CCCC. The molecule has 0 aromatic heterocycles. The predicted octanol–water partition coefficient (Wildman–Crippen LogP) is 11.1. The van der Waals surface area contributed by atoms with E-state index < -0.39 is 18.1 Å². The van der Waals surface area contributed by atoms with Gasteiger partial charge in [-0.3, -0.25) is 9.59 Å². The fourth-order valence-electron chi connectivity index (χ4n) is 6.42. The molecule has 0 N–H and O–H groups in total. The molecule has 0 bridgehead atoms. The maximum atomic E-state index is 12.7. The lowest BCUT2D eigenvalue weighted by atomic mass is 10.0. The van der Waals surface area contributed by atoms with Crippen molar-refractivity contribution < 1.29 is 38.2 Å². The van der Waals surface area contributed by atoms with Crippen LogP contribution in [0, 0.1) is 0 Å². The summed E-state index contributed by atoms with van der Waals surface area (Å²) in [7, 11) is 5.40. The van der Waals surface area contributed by atoms with E-state index in [0.717, 1.165) is 70.6 Å². The molecule has 0 amide bonds. The van der Waals surface area contributed by atoms with E-state index in [2.05, 4.69) is 62.5 Å². The van der Waals surface area contributed by atoms with Crippen molar-refractivity contribution in [1.29, 1.82) is 0 Å². The number of unbranched alkanes of at least 4 members (excludes halogenated alkanes) is 18. The molecule has 0 fully saturated rings. The van der Waals surface area contributed by atoms with Crippen LogP contribution in [0.25, 0.3) is 0 Å². The molecular formula is C48H85NO7. The second kappa shape index (κ2) is 39.1. The number of rotatable bonds is 40. The quantitative estimate of drug-likeness (QED) is 0.0264. The van der Waals surface area contributed by atoms with Crippen molar-refractivity contribution in [3.8, 4) is 0 Å². The summed E-state index contributed by atoms with van der Waals surface area (Å²) in [5.41, 5.74) is 0. The summed E-state index contributed by atoms with van der Waals surface area (Å²) in [6, 6.07) is -0.727. The number of quaternary nitrogens is 1. The van der Waals surface area contributed by atoms with Crippen molar-refractivity contribution >= 4 is 17.9 Å². The molecule has 2 unspecified atom stereocenters. The summed E-state index contributed by atoms with van der Waals surface area (Å²) in [4.78, 5) is 36.8. The van der Waals surface area contributed by atoms with Crippen LogP contribution in [0.2, 0.25) is 0 Å². The van der Waals surface area contributed by atoms with Gasteiger partial charge in [-0.2, -0.15) is 0 Å². The van der Waals surface area contributed by atoms with Gasteiger partial charge in [0, 0.05) is 19.3 Å². The summed E-state index contributed by atoms with van der Waals surface area (Å²) in [5.74, 6) is -1.75. The predicted molar refractivity (Wildman–Crippen MR) is 231 cm³/mol. The van der Waals surface area contributed by atoms with E-state index in [1.165, 1.54) is 83.5 Å². The van der Waals surface area contributed by atoms with Gasteiger partial charge in [0.25, 0.3) is 0 Å². The Balaban J connectivity index is 4.26.